The second-order valence-corrected chi connectivity index (χ2v) is 2.46. The van der Waals surface area contributed by atoms with Crippen molar-refractivity contribution in [3.05, 3.63) is 40.0 Å². The fraction of sp³-hybridized carbons (Fsp3) is 0.250. The molecule has 0 N–H and O–H groups in total. The summed E-state index contributed by atoms with van der Waals surface area (Å²) in [5.41, 5.74) is 9.07. The summed E-state index contributed by atoms with van der Waals surface area (Å²) in [6, 6.07) is 5.05. The second-order valence-electron chi connectivity index (χ2n) is 2.46. The topological polar surface area (TPSA) is 78.7 Å². The maximum absolute atomic E-state index is 10.9. The maximum atomic E-state index is 10.9. The SMILES string of the molecule is CC(=O)c1cccc(CN=[N+]=[N-])n1. The number of pyridine rings is 1. The van der Waals surface area contributed by atoms with E-state index in [-0.39, 0.29) is 12.3 Å². The number of carbonyl (C=O) groups excluding carboxylic acids is 1. The number of nitrogens with zero attached hydrogens (tertiary/aromatic N) is 4. The van der Waals surface area contributed by atoms with Gasteiger partial charge in [0.25, 0.3) is 0 Å². The molecule has 1 aromatic heterocycles. The predicted molar refractivity (Wildman–Crippen MR) is 47.1 cm³/mol. The standard InChI is InChI=1S/C8H8N4O/c1-6(13)8-4-2-3-7(11-8)5-10-12-9/h2-4H,5H2,1H3. The summed E-state index contributed by atoms with van der Waals surface area (Å²) in [6.45, 7) is 1.62. The molecule has 0 aliphatic carbocycles. The zero-order valence-electron chi connectivity index (χ0n) is 7.14. The van der Waals surface area contributed by atoms with Crippen LogP contribution < -0.4 is 0 Å². The van der Waals surface area contributed by atoms with Gasteiger partial charge in [-0.15, -0.1) is 0 Å². The molecule has 0 unspecified atom stereocenters. The fourth-order valence-corrected chi connectivity index (χ4v) is 0.868. The van der Waals surface area contributed by atoms with Crippen molar-refractivity contribution in [3.8, 4) is 0 Å². The van der Waals surface area contributed by atoms with E-state index < -0.39 is 0 Å². The Labute approximate surface area is 75.0 Å². The molecule has 0 saturated carbocycles. The molecule has 66 valence electrons. The minimum atomic E-state index is -0.0946. The Morgan fingerprint density at radius 1 is 1.69 bits per heavy atom. The van der Waals surface area contributed by atoms with Crippen LogP contribution in [0.4, 0.5) is 0 Å². The number of azide groups is 1. The Morgan fingerprint density at radius 2 is 2.46 bits per heavy atom. The van der Waals surface area contributed by atoms with Crippen molar-refractivity contribution in [3.63, 3.8) is 0 Å². The molecule has 0 atom stereocenters. The van der Waals surface area contributed by atoms with Crippen LogP contribution in [0.1, 0.15) is 23.1 Å². The normalized spacial score (nSPS) is 9.00. The van der Waals surface area contributed by atoms with Gasteiger partial charge in [0.1, 0.15) is 5.69 Å². The van der Waals surface area contributed by atoms with Gasteiger partial charge in [-0.2, -0.15) is 0 Å². The Bertz CT molecular complexity index is 368. The first-order chi connectivity index (χ1) is 6.24. The van der Waals surface area contributed by atoms with Gasteiger partial charge in [-0.1, -0.05) is 11.2 Å². The van der Waals surface area contributed by atoms with Crippen LogP contribution in [0, 0.1) is 0 Å². The van der Waals surface area contributed by atoms with E-state index in [4.69, 9.17) is 5.53 Å². The molecular formula is C8H8N4O. The van der Waals surface area contributed by atoms with Gasteiger partial charge in [0.2, 0.25) is 0 Å². The first-order valence-electron chi connectivity index (χ1n) is 3.72. The van der Waals surface area contributed by atoms with Crippen molar-refractivity contribution >= 4 is 5.78 Å². The van der Waals surface area contributed by atoms with Gasteiger partial charge in [-0.25, -0.2) is 4.98 Å². The van der Waals surface area contributed by atoms with Crippen LogP contribution in [0.3, 0.4) is 0 Å². The smallest absolute Gasteiger partial charge is 0.178 e. The monoisotopic (exact) mass is 176 g/mol. The molecule has 1 aromatic rings. The van der Waals surface area contributed by atoms with Gasteiger partial charge in [-0.3, -0.25) is 4.79 Å². The van der Waals surface area contributed by atoms with Crippen LogP contribution in [0.25, 0.3) is 10.4 Å². The Morgan fingerprint density at radius 3 is 3.08 bits per heavy atom. The molecule has 0 aliphatic rings. The Balaban J connectivity index is 2.91. The lowest BCUT2D eigenvalue weighted by atomic mass is 10.2. The summed E-state index contributed by atoms with van der Waals surface area (Å²) in [6.07, 6.45) is 0. The van der Waals surface area contributed by atoms with Crippen LogP contribution >= 0.6 is 0 Å². The molecule has 0 radical (unpaired) electrons. The van der Waals surface area contributed by atoms with Crippen LogP contribution in [0.15, 0.2) is 23.3 Å². The summed E-state index contributed by atoms with van der Waals surface area (Å²) in [7, 11) is 0. The Kier molecular flexibility index (Phi) is 3.00. The second kappa shape index (κ2) is 4.23. The lowest BCUT2D eigenvalue weighted by molar-refractivity contribution is 0.101. The van der Waals surface area contributed by atoms with E-state index in [2.05, 4.69) is 15.0 Å². The number of carbonyl (C=O) groups is 1. The molecule has 0 saturated heterocycles. The van der Waals surface area contributed by atoms with Crippen molar-refractivity contribution in [2.24, 2.45) is 5.11 Å². The van der Waals surface area contributed by atoms with Crippen molar-refractivity contribution in [2.45, 2.75) is 13.5 Å². The van der Waals surface area contributed by atoms with Crippen molar-refractivity contribution < 1.29 is 4.79 Å². The van der Waals surface area contributed by atoms with Gasteiger partial charge in [0, 0.05) is 17.5 Å². The highest BCUT2D eigenvalue weighted by Crippen LogP contribution is 2.01. The largest absolute Gasteiger partial charge is 0.293 e. The highest BCUT2D eigenvalue weighted by molar-refractivity contribution is 5.92. The van der Waals surface area contributed by atoms with Gasteiger partial charge >= 0.3 is 0 Å². The van der Waals surface area contributed by atoms with E-state index in [1.54, 1.807) is 18.2 Å². The lowest BCUT2D eigenvalue weighted by Gasteiger charge is -1.97. The average Bonchev–Trinajstić information content (AvgIpc) is 2.15. The molecule has 1 heterocycles. The fourth-order valence-electron chi connectivity index (χ4n) is 0.868. The first-order valence-corrected chi connectivity index (χ1v) is 3.72. The van der Waals surface area contributed by atoms with E-state index in [9.17, 15) is 4.79 Å². The van der Waals surface area contributed by atoms with Crippen LogP contribution in [-0.2, 0) is 6.54 Å². The van der Waals surface area contributed by atoms with Gasteiger partial charge in [0.05, 0.1) is 6.54 Å². The van der Waals surface area contributed by atoms with E-state index in [0.717, 1.165) is 0 Å². The molecule has 5 heteroatoms. The minimum Gasteiger partial charge on any atom is -0.293 e. The summed E-state index contributed by atoms with van der Waals surface area (Å²) in [5, 5.41) is 3.35. The van der Waals surface area contributed by atoms with Gasteiger partial charge in [-0.05, 0) is 17.7 Å². The molecule has 0 bridgehead atoms. The molecule has 0 amide bonds. The third-order valence-electron chi connectivity index (χ3n) is 1.46. The number of Topliss-reactive ketones (excluding diaryl/α,β-unsaturated/α-hetero) is 1. The first kappa shape index (κ1) is 9.22. The third kappa shape index (κ3) is 2.57. The van der Waals surface area contributed by atoms with Crippen molar-refractivity contribution in [2.75, 3.05) is 0 Å². The van der Waals surface area contributed by atoms with Crippen LogP contribution in [0.5, 0.6) is 0 Å². The summed E-state index contributed by atoms with van der Waals surface area (Å²) in [4.78, 5) is 17.5. The van der Waals surface area contributed by atoms with E-state index in [1.807, 2.05) is 0 Å². The molecule has 13 heavy (non-hydrogen) atoms. The molecule has 0 fully saturated rings. The van der Waals surface area contributed by atoms with E-state index in [0.29, 0.717) is 11.4 Å². The average molecular weight is 176 g/mol. The minimum absolute atomic E-state index is 0.0946. The van der Waals surface area contributed by atoms with Crippen molar-refractivity contribution in [1.82, 2.24) is 4.98 Å². The Hall–Kier alpha value is -1.87. The molecule has 1 rings (SSSR count). The quantitative estimate of drug-likeness (QED) is 0.306. The zero-order valence-corrected chi connectivity index (χ0v) is 7.14. The van der Waals surface area contributed by atoms with E-state index in [1.165, 1.54) is 6.92 Å². The lowest BCUT2D eigenvalue weighted by Crippen LogP contribution is -1.98. The molecule has 0 spiro atoms. The van der Waals surface area contributed by atoms with Gasteiger partial charge in [0.15, 0.2) is 5.78 Å². The van der Waals surface area contributed by atoms with Crippen LogP contribution in [-0.4, -0.2) is 10.8 Å². The molecule has 0 aromatic carbocycles. The summed E-state index contributed by atoms with van der Waals surface area (Å²) in [5.74, 6) is -0.0946. The number of ketones is 1. The summed E-state index contributed by atoms with van der Waals surface area (Å²) >= 11 is 0. The number of rotatable bonds is 3. The number of hydrogen-bond acceptors (Lipinski definition) is 3. The zero-order chi connectivity index (χ0) is 9.68. The van der Waals surface area contributed by atoms with Crippen molar-refractivity contribution in [1.29, 1.82) is 0 Å². The third-order valence-corrected chi connectivity index (χ3v) is 1.46. The van der Waals surface area contributed by atoms with Crippen LogP contribution in [0.2, 0.25) is 0 Å². The molecule has 0 aliphatic heterocycles. The number of hydrogen-bond donors (Lipinski definition) is 0. The highest BCUT2D eigenvalue weighted by atomic mass is 16.1. The van der Waals surface area contributed by atoms with E-state index >= 15 is 0 Å². The molecule has 5 nitrogen and oxygen atoms in total. The highest BCUT2D eigenvalue weighted by Gasteiger charge is 2.00. The predicted octanol–water partition coefficient (Wildman–Crippen LogP) is 2.09. The maximum Gasteiger partial charge on any atom is 0.178 e. The summed E-state index contributed by atoms with van der Waals surface area (Å²) < 4.78 is 0. The molecular weight excluding hydrogens is 168 g/mol. The van der Waals surface area contributed by atoms with Gasteiger partial charge < -0.3 is 0 Å². The number of aromatic nitrogens is 1.